The Bertz CT molecular complexity index is 4710. The van der Waals surface area contributed by atoms with Crippen LogP contribution < -0.4 is 0 Å². The predicted molar refractivity (Wildman–Crippen MR) is 291 cm³/mol. The lowest BCUT2D eigenvalue weighted by Crippen LogP contribution is -1.99. The quantitative estimate of drug-likeness (QED) is 0.151. The lowest BCUT2D eigenvalue weighted by Gasteiger charge is -2.17. The second-order valence-electron chi connectivity index (χ2n) is 17.5. The smallest absolute Gasteiger partial charge is 0.0645 e. The molecule has 3 heterocycles. The van der Waals surface area contributed by atoms with Gasteiger partial charge in [0.15, 0.2) is 0 Å². The van der Waals surface area contributed by atoms with E-state index in [9.17, 15) is 6.85 Å². The Kier molecular flexibility index (Phi) is 7.40. The summed E-state index contributed by atoms with van der Waals surface area (Å²) >= 11 is 0. The number of aromatic nitrogens is 3. The van der Waals surface area contributed by atoms with Gasteiger partial charge in [-0.1, -0.05) is 212 Å². The van der Waals surface area contributed by atoms with Gasteiger partial charge in [-0.3, -0.25) is 0 Å². The summed E-state index contributed by atoms with van der Waals surface area (Å²) in [5.74, 6) is 0. The Morgan fingerprint density at radius 1 is 0.261 bits per heavy atom. The maximum Gasteiger partial charge on any atom is 0.0645 e. The summed E-state index contributed by atoms with van der Waals surface area (Å²) in [7, 11) is 0. The average molecular weight is 885 g/mol. The van der Waals surface area contributed by atoms with Crippen LogP contribution in [0.15, 0.2) is 261 Å². The summed E-state index contributed by atoms with van der Waals surface area (Å²) in [5.41, 5.74) is 13.0. The van der Waals surface area contributed by atoms with Gasteiger partial charge in [-0.05, 0) is 76.3 Å². The highest BCUT2D eigenvalue weighted by atomic mass is 15.0. The minimum atomic E-state index is -0.430. The first kappa shape index (κ1) is 32.5. The number of hydrogen-bond donors (Lipinski definition) is 0. The van der Waals surface area contributed by atoms with Gasteiger partial charge in [-0.15, -0.1) is 0 Å². The predicted octanol–water partition coefficient (Wildman–Crippen LogP) is 17.6. The van der Waals surface area contributed by atoms with E-state index in [-0.39, 0.29) is 46.6 Å². The summed E-state index contributed by atoms with van der Waals surface area (Å²) < 4.78 is 73.7. The molecule has 0 amide bonds. The van der Waals surface area contributed by atoms with E-state index in [1.165, 1.54) is 0 Å². The monoisotopic (exact) mass is 884 g/mol. The van der Waals surface area contributed by atoms with Gasteiger partial charge < -0.3 is 13.7 Å². The molecular weight excluding hydrogens is 835 g/mol. The maximum absolute atomic E-state index is 10.00. The van der Waals surface area contributed by atoms with Crippen LogP contribution in [0.1, 0.15) is 9.60 Å². The van der Waals surface area contributed by atoms with E-state index in [1.54, 1.807) is 4.57 Å². The van der Waals surface area contributed by atoms with E-state index < -0.39 is 12.1 Å². The fourth-order valence-electron chi connectivity index (χ4n) is 10.8. The molecule has 14 aromatic rings. The van der Waals surface area contributed by atoms with Gasteiger partial charge in [0.1, 0.15) is 0 Å². The molecule has 0 atom stereocenters. The average Bonchev–Trinajstić information content (AvgIpc) is 4.23. The Labute approximate surface area is 409 Å². The molecule has 11 aromatic carbocycles. The van der Waals surface area contributed by atoms with Gasteiger partial charge in [0.25, 0.3) is 0 Å². The van der Waals surface area contributed by atoms with Crippen molar-refractivity contribution in [2.75, 3.05) is 0 Å². The molecule has 3 aromatic heterocycles. The van der Waals surface area contributed by atoms with Crippen molar-refractivity contribution in [3.05, 3.63) is 261 Å². The standard InChI is InChI=1S/C66H43N3/c1-4-21-44(22-5-1)47-39-40-49(46-25-8-3-9-26-46)63(43-47)68-59-36-18-13-30-54(59)64-52(32-20-38-61(64)68)50-28-11-16-34-57(50)67-60-37-19-14-31-55(60)65-62(67)42-41-53-51-29-12-17-35-58(51)69(66(53)65)56-33-15-10-27-48(56)45-23-6-2-7-24-45/h1-43H/i13D,18D,20D,30D,32D,36D,38D. The van der Waals surface area contributed by atoms with E-state index in [0.717, 1.165) is 82.7 Å². The number of rotatable bonds is 7. The van der Waals surface area contributed by atoms with Crippen molar-refractivity contribution in [1.82, 2.24) is 13.7 Å². The zero-order valence-electron chi connectivity index (χ0n) is 44.1. The number of fused-ring (bicyclic) bond motifs is 10. The highest BCUT2D eigenvalue weighted by Gasteiger charge is 2.25. The molecule has 0 fully saturated rings. The minimum absolute atomic E-state index is 0.156. The Balaban J connectivity index is 1.12. The van der Waals surface area contributed by atoms with E-state index in [2.05, 4.69) is 112 Å². The van der Waals surface area contributed by atoms with Crippen LogP contribution in [-0.4, -0.2) is 13.7 Å². The third kappa shape index (κ3) is 6.01. The van der Waals surface area contributed by atoms with Crippen LogP contribution in [-0.2, 0) is 0 Å². The summed E-state index contributed by atoms with van der Waals surface area (Å²) in [4.78, 5) is 0. The van der Waals surface area contributed by atoms with Crippen LogP contribution in [0.5, 0.6) is 0 Å². The zero-order chi connectivity index (χ0) is 51.5. The summed E-state index contributed by atoms with van der Waals surface area (Å²) in [6.07, 6.45) is 0. The summed E-state index contributed by atoms with van der Waals surface area (Å²) in [6, 6.07) is 71.6. The lowest BCUT2D eigenvalue weighted by molar-refractivity contribution is 1.17. The minimum Gasteiger partial charge on any atom is -0.309 e. The van der Waals surface area contributed by atoms with Crippen LogP contribution in [0.25, 0.3) is 127 Å². The fourth-order valence-corrected chi connectivity index (χ4v) is 10.8. The van der Waals surface area contributed by atoms with Crippen molar-refractivity contribution in [3.8, 4) is 61.6 Å². The van der Waals surface area contributed by atoms with Gasteiger partial charge in [0, 0.05) is 49.0 Å². The zero-order valence-corrected chi connectivity index (χ0v) is 37.1. The third-order valence-corrected chi connectivity index (χ3v) is 13.8. The van der Waals surface area contributed by atoms with Gasteiger partial charge in [0.2, 0.25) is 0 Å². The van der Waals surface area contributed by atoms with Crippen LogP contribution in [0.3, 0.4) is 0 Å². The highest BCUT2D eigenvalue weighted by Crippen LogP contribution is 2.47. The van der Waals surface area contributed by atoms with Crippen LogP contribution in [0.4, 0.5) is 0 Å². The van der Waals surface area contributed by atoms with E-state index in [1.807, 2.05) is 115 Å². The van der Waals surface area contributed by atoms with Crippen molar-refractivity contribution >= 4 is 65.4 Å². The molecule has 0 radical (unpaired) electrons. The number of hydrogen-bond acceptors (Lipinski definition) is 0. The molecule has 0 saturated carbocycles. The largest absolute Gasteiger partial charge is 0.309 e. The normalized spacial score (nSPS) is 13.2. The first-order chi connectivity index (χ1) is 37.2. The van der Waals surface area contributed by atoms with E-state index in [4.69, 9.17) is 2.74 Å². The number of nitrogens with zero attached hydrogens (tertiary/aromatic N) is 3. The lowest BCUT2D eigenvalue weighted by atomic mass is 9.97. The molecule has 69 heavy (non-hydrogen) atoms. The SMILES string of the molecule is [2H]c1c([2H])c([2H])c2c(c1[2H])c1c(-c3ccccc3-n3c4ccccc4c4c3ccc3c5ccccc5n(-c5ccccc5-c5ccccc5)c34)c([2H])c([2H])c([2H])c1n2-c1cc(-c2ccccc2)ccc1-c1ccccc1. The summed E-state index contributed by atoms with van der Waals surface area (Å²) in [6.45, 7) is 0. The van der Waals surface area contributed by atoms with E-state index in [0.29, 0.717) is 27.9 Å². The summed E-state index contributed by atoms with van der Waals surface area (Å²) in [5, 5.41) is 4.71. The first-order valence-corrected chi connectivity index (χ1v) is 23.2. The number of benzene rings is 11. The van der Waals surface area contributed by atoms with Gasteiger partial charge in [-0.25, -0.2) is 0 Å². The molecule has 3 heteroatoms. The van der Waals surface area contributed by atoms with Crippen LogP contribution >= 0.6 is 0 Å². The topological polar surface area (TPSA) is 14.8 Å². The van der Waals surface area contributed by atoms with Crippen molar-refractivity contribution in [3.63, 3.8) is 0 Å². The highest BCUT2D eigenvalue weighted by molar-refractivity contribution is 6.27. The Morgan fingerprint density at radius 3 is 1.55 bits per heavy atom. The molecule has 0 aliphatic carbocycles. The first-order valence-electron chi connectivity index (χ1n) is 26.7. The molecule has 0 N–H and O–H groups in total. The van der Waals surface area contributed by atoms with Gasteiger partial charge in [-0.2, -0.15) is 0 Å². The second-order valence-corrected chi connectivity index (χ2v) is 17.5. The van der Waals surface area contributed by atoms with Crippen LogP contribution in [0.2, 0.25) is 0 Å². The number of para-hydroxylation sites is 5. The van der Waals surface area contributed by atoms with Gasteiger partial charge in [0.05, 0.1) is 59.8 Å². The molecule has 3 nitrogen and oxygen atoms in total. The molecule has 0 bridgehead atoms. The Morgan fingerprint density at radius 2 is 0.812 bits per heavy atom. The molecule has 14 rings (SSSR count). The third-order valence-electron chi connectivity index (χ3n) is 13.8. The molecule has 0 spiro atoms. The van der Waals surface area contributed by atoms with Crippen molar-refractivity contribution in [2.24, 2.45) is 0 Å². The fraction of sp³-hybridized carbons (Fsp3) is 0. The molecular formula is C66H43N3. The maximum atomic E-state index is 10.00. The molecule has 322 valence electrons. The van der Waals surface area contributed by atoms with Gasteiger partial charge >= 0.3 is 0 Å². The molecule has 0 unspecified atom stereocenters. The second kappa shape index (κ2) is 15.7. The van der Waals surface area contributed by atoms with E-state index >= 15 is 0 Å². The molecule has 0 aliphatic rings. The van der Waals surface area contributed by atoms with Crippen LogP contribution in [0, 0.1) is 0 Å². The molecule has 0 saturated heterocycles. The van der Waals surface area contributed by atoms with Crippen molar-refractivity contribution in [2.45, 2.75) is 0 Å². The van der Waals surface area contributed by atoms with Crippen molar-refractivity contribution in [1.29, 1.82) is 0 Å². The Hall–Kier alpha value is -9.18. The van der Waals surface area contributed by atoms with Crippen molar-refractivity contribution < 1.29 is 9.60 Å². The molecule has 0 aliphatic heterocycles.